The van der Waals surface area contributed by atoms with Crippen LogP contribution in [0.15, 0.2) is 53.0 Å². The lowest BCUT2D eigenvalue weighted by molar-refractivity contribution is 0.943. The van der Waals surface area contributed by atoms with Gasteiger partial charge in [0.15, 0.2) is 0 Å². The number of hydrogen-bond acceptors (Lipinski definition) is 0. The SMILES string of the molecule is C=C(C)CCc1ccc2ccccc2c1Br. The molecule has 0 N–H and O–H groups in total. The second-order valence-electron chi connectivity index (χ2n) is 4.22. The van der Waals surface area contributed by atoms with Crippen LogP contribution in [0.25, 0.3) is 10.8 Å². The first-order valence-corrected chi connectivity index (χ1v) is 6.28. The van der Waals surface area contributed by atoms with E-state index in [0.717, 1.165) is 12.8 Å². The molecule has 0 aromatic heterocycles. The molecule has 0 aliphatic carbocycles. The van der Waals surface area contributed by atoms with E-state index in [1.54, 1.807) is 0 Å². The number of halogens is 1. The zero-order valence-corrected chi connectivity index (χ0v) is 11.0. The van der Waals surface area contributed by atoms with Gasteiger partial charge in [0.1, 0.15) is 0 Å². The van der Waals surface area contributed by atoms with Crippen LogP contribution in [0.5, 0.6) is 0 Å². The monoisotopic (exact) mass is 274 g/mol. The summed E-state index contributed by atoms with van der Waals surface area (Å²) in [6.07, 6.45) is 2.11. The maximum Gasteiger partial charge on any atom is 0.0285 e. The normalized spacial score (nSPS) is 10.6. The molecule has 16 heavy (non-hydrogen) atoms. The third-order valence-electron chi connectivity index (χ3n) is 2.76. The quantitative estimate of drug-likeness (QED) is 0.683. The van der Waals surface area contributed by atoms with E-state index in [9.17, 15) is 0 Å². The zero-order chi connectivity index (χ0) is 11.5. The van der Waals surface area contributed by atoms with E-state index >= 15 is 0 Å². The van der Waals surface area contributed by atoms with Crippen molar-refractivity contribution in [2.75, 3.05) is 0 Å². The Kier molecular flexibility index (Phi) is 3.45. The van der Waals surface area contributed by atoms with E-state index in [-0.39, 0.29) is 0 Å². The molecule has 0 aliphatic heterocycles. The molecule has 0 fully saturated rings. The van der Waals surface area contributed by atoms with Gasteiger partial charge in [0.25, 0.3) is 0 Å². The van der Waals surface area contributed by atoms with Gasteiger partial charge in [-0.25, -0.2) is 0 Å². The number of benzene rings is 2. The summed E-state index contributed by atoms with van der Waals surface area (Å²) in [5.74, 6) is 0. The molecular weight excluding hydrogens is 260 g/mol. The van der Waals surface area contributed by atoms with Crippen LogP contribution in [-0.2, 0) is 6.42 Å². The second kappa shape index (κ2) is 4.84. The highest BCUT2D eigenvalue weighted by Gasteiger charge is 2.04. The van der Waals surface area contributed by atoms with Crippen molar-refractivity contribution < 1.29 is 0 Å². The van der Waals surface area contributed by atoms with Crippen molar-refractivity contribution >= 4 is 26.7 Å². The van der Waals surface area contributed by atoms with Crippen LogP contribution in [0.2, 0.25) is 0 Å². The van der Waals surface area contributed by atoms with Gasteiger partial charge in [0, 0.05) is 4.47 Å². The van der Waals surface area contributed by atoms with Gasteiger partial charge in [0.05, 0.1) is 0 Å². The molecule has 0 heterocycles. The van der Waals surface area contributed by atoms with Crippen LogP contribution in [0, 0.1) is 0 Å². The zero-order valence-electron chi connectivity index (χ0n) is 9.46. The van der Waals surface area contributed by atoms with Gasteiger partial charge in [-0.2, -0.15) is 0 Å². The van der Waals surface area contributed by atoms with Crippen LogP contribution in [0.3, 0.4) is 0 Å². The maximum absolute atomic E-state index is 3.95. The van der Waals surface area contributed by atoms with E-state index in [4.69, 9.17) is 0 Å². The molecule has 0 unspecified atom stereocenters. The molecule has 82 valence electrons. The summed E-state index contributed by atoms with van der Waals surface area (Å²) in [5.41, 5.74) is 2.60. The molecule has 0 aliphatic rings. The molecule has 1 heteroatoms. The molecule has 0 radical (unpaired) electrons. The van der Waals surface area contributed by atoms with E-state index in [2.05, 4.69) is 65.8 Å². The number of hydrogen-bond donors (Lipinski definition) is 0. The maximum atomic E-state index is 3.95. The smallest absolute Gasteiger partial charge is 0.0285 e. The highest BCUT2D eigenvalue weighted by Crippen LogP contribution is 2.28. The summed E-state index contributed by atoms with van der Waals surface area (Å²) in [6.45, 7) is 6.03. The Hall–Kier alpha value is -1.08. The molecular formula is C15H15Br. The third-order valence-corrected chi connectivity index (χ3v) is 3.70. The number of allylic oxidation sites excluding steroid dienone is 1. The van der Waals surface area contributed by atoms with Crippen molar-refractivity contribution in [3.63, 3.8) is 0 Å². The van der Waals surface area contributed by atoms with E-state index in [1.807, 2.05) is 0 Å². The topological polar surface area (TPSA) is 0 Å². The van der Waals surface area contributed by atoms with Crippen molar-refractivity contribution in [2.24, 2.45) is 0 Å². The minimum Gasteiger partial charge on any atom is -0.100 e. The molecule has 0 saturated heterocycles. The number of aryl methyl sites for hydroxylation is 1. The molecule has 0 atom stereocenters. The summed E-state index contributed by atoms with van der Waals surface area (Å²) >= 11 is 3.70. The Bertz CT molecular complexity index is 526. The lowest BCUT2D eigenvalue weighted by Gasteiger charge is -2.07. The van der Waals surface area contributed by atoms with Crippen molar-refractivity contribution in [2.45, 2.75) is 19.8 Å². The van der Waals surface area contributed by atoms with E-state index in [1.165, 1.54) is 26.4 Å². The Labute approximate surface area is 105 Å². The van der Waals surface area contributed by atoms with Crippen molar-refractivity contribution in [1.29, 1.82) is 0 Å². The summed E-state index contributed by atoms with van der Waals surface area (Å²) in [6, 6.07) is 12.8. The standard InChI is InChI=1S/C15H15Br/c1-11(2)7-8-13-10-9-12-5-3-4-6-14(12)15(13)16/h3-6,9-10H,1,7-8H2,2H3. The minimum absolute atomic E-state index is 1.05. The van der Waals surface area contributed by atoms with Crippen LogP contribution in [0.1, 0.15) is 18.9 Å². The largest absolute Gasteiger partial charge is 0.100 e. The van der Waals surface area contributed by atoms with Gasteiger partial charge in [-0.1, -0.05) is 42.0 Å². The minimum atomic E-state index is 1.05. The molecule has 0 bridgehead atoms. The Balaban J connectivity index is 2.40. The summed E-state index contributed by atoms with van der Waals surface area (Å²) < 4.78 is 1.23. The third kappa shape index (κ3) is 2.35. The highest BCUT2D eigenvalue weighted by atomic mass is 79.9. The lowest BCUT2D eigenvalue weighted by Crippen LogP contribution is -1.89. The van der Waals surface area contributed by atoms with Crippen LogP contribution < -0.4 is 0 Å². The van der Waals surface area contributed by atoms with Gasteiger partial charge in [-0.15, -0.1) is 6.58 Å². The Morgan fingerprint density at radius 3 is 2.69 bits per heavy atom. The van der Waals surface area contributed by atoms with Crippen molar-refractivity contribution in [3.8, 4) is 0 Å². The fraction of sp³-hybridized carbons (Fsp3) is 0.200. The van der Waals surface area contributed by atoms with Crippen molar-refractivity contribution in [3.05, 3.63) is 58.6 Å². The summed E-state index contributed by atoms with van der Waals surface area (Å²) in [5, 5.41) is 2.58. The molecule has 0 spiro atoms. The lowest BCUT2D eigenvalue weighted by atomic mass is 10.0. The number of rotatable bonds is 3. The van der Waals surface area contributed by atoms with Crippen LogP contribution in [0.4, 0.5) is 0 Å². The fourth-order valence-electron chi connectivity index (χ4n) is 1.82. The van der Waals surface area contributed by atoms with E-state index < -0.39 is 0 Å². The van der Waals surface area contributed by atoms with Gasteiger partial charge in [-0.05, 0) is 52.0 Å². The molecule has 0 amide bonds. The average Bonchev–Trinajstić information content (AvgIpc) is 2.28. The highest BCUT2D eigenvalue weighted by molar-refractivity contribution is 9.10. The first kappa shape index (κ1) is 11.4. The molecule has 0 nitrogen and oxygen atoms in total. The summed E-state index contributed by atoms with van der Waals surface area (Å²) in [4.78, 5) is 0. The molecule has 2 aromatic carbocycles. The Morgan fingerprint density at radius 1 is 1.19 bits per heavy atom. The molecule has 2 aromatic rings. The van der Waals surface area contributed by atoms with Crippen LogP contribution in [-0.4, -0.2) is 0 Å². The summed E-state index contributed by atoms with van der Waals surface area (Å²) in [7, 11) is 0. The van der Waals surface area contributed by atoms with Gasteiger partial charge in [-0.3, -0.25) is 0 Å². The Morgan fingerprint density at radius 2 is 1.94 bits per heavy atom. The number of fused-ring (bicyclic) bond motifs is 1. The second-order valence-corrected chi connectivity index (χ2v) is 5.01. The van der Waals surface area contributed by atoms with Gasteiger partial charge < -0.3 is 0 Å². The average molecular weight is 275 g/mol. The predicted octanol–water partition coefficient (Wildman–Crippen LogP) is 5.11. The van der Waals surface area contributed by atoms with Gasteiger partial charge in [0.2, 0.25) is 0 Å². The first-order valence-electron chi connectivity index (χ1n) is 5.49. The molecule has 0 saturated carbocycles. The molecule has 2 rings (SSSR count). The van der Waals surface area contributed by atoms with Crippen LogP contribution >= 0.6 is 15.9 Å². The predicted molar refractivity (Wildman–Crippen MR) is 74.8 cm³/mol. The first-order chi connectivity index (χ1) is 7.68. The van der Waals surface area contributed by atoms with E-state index in [0.29, 0.717) is 0 Å². The fourth-order valence-corrected chi connectivity index (χ4v) is 2.51. The van der Waals surface area contributed by atoms with Crippen molar-refractivity contribution in [1.82, 2.24) is 0 Å². The van der Waals surface area contributed by atoms with Gasteiger partial charge >= 0.3 is 0 Å².